The first-order chi connectivity index (χ1) is 20.3. The second-order valence-corrected chi connectivity index (χ2v) is 11.5. The summed E-state index contributed by atoms with van der Waals surface area (Å²) in [7, 11) is 0. The van der Waals surface area contributed by atoms with Crippen molar-refractivity contribution in [1.82, 2.24) is 0 Å². The molecule has 9 rings (SSSR count). The van der Waals surface area contributed by atoms with Crippen molar-refractivity contribution in [1.29, 1.82) is 0 Å². The fraction of sp³-hybridized carbons (Fsp3) is 0.100. The zero-order chi connectivity index (χ0) is 26.9. The first kappa shape index (κ1) is 22.9. The highest BCUT2D eigenvalue weighted by Gasteiger charge is 2.21. The second kappa shape index (κ2) is 8.81. The van der Waals surface area contributed by atoms with E-state index in [4.69, 9.17) is 4.42 Å². The number of rotatable bonds is 2. The summed E-state index contributed by atoms with van der Waals surface area (Å²) in [5, 5.41) is 10.0. The molecule has 194 valence electrons. The zero-order valence-electron chi connectivity index (χ0n) is 22.8. The largest absolute Gasteiger partial charge is 0.455 e. The molecule has 0 aliphatic heterocycles. The van der Waals surface area contributed by atoms with Crippen molar-refractivity contribution in [2.75, 3.05) is 0 Å². The van der Waals surface area contributed by atoms with E-state index in [2.05, 4.69) is 121 Å². The van der Waals surface area contributed by atoms with Crippen molar-refractivity contribution in [3.8, 4) is 22.3 Å². The molecule has 0 bridgehead atoms. The molecule has 0 saturated heterocycles. The quantitative estimate of drug-likeness (QED) is 0.205. The molecule has 1 heterocycles. The van der Waals surface area contributed by atoms with Gasteiger partial charge in [-0.3, -0.25) is 0 Å². The highest BCUT2D eigenvalue weighted by atomic mass is 16.3. The Morgan fingerprint density at radius 1 is 0.439 bits per heavy atom. The average Bonchev–Trinajstić information content (AvgIpc) is 3.40. The Hall–Kier alpha value is -4.88. The standard InChI is InChI=1S/C40H28O/c1-2-11-26-22-29(21-20-25(26)10-1)38-30-14-5-7-16-32(30)39(33-17-8-6-15-31(33)38)35-19-9-18-34-36-23-27-12-3-4-13-28(27)24-37(36)41-40(34)35/h1-2,5-11,14-24H,3-4,12-13H2. The van der Waals surface area contributed by atoms with E-state index in [1.54, 1.807) is 0 Å². The van der Waals surface area contributed by atoms with Crippen molar-refractivity contribution >= 4 is 54.3 Å². The van der Waals surface area contributed by atoms with Crippen LogP contribution >= 0.6 is 0 Å². The van der Waals surface area contributed by atoms with Crippen LogP contribution in [0, 0.1) is 0 Å². The molecule has 0 fully saturated rings. The minimum atomic E-state index is 0.985. The molecular weight excluding hydrogens is 496 g/mol. The van der Waals surface area contributed by atoms with E-state index in [0.29, 0.717) is 0 Å². The van der Waals surface area contributed by atoms with Crippen molar-refractivity contribution in [3.05, 3.63) is 132 Å². The highest BCUT2D eigenvalue weighted by molar-refractivity contribution is 6.24. The van der Waals surface area contributed by atoms with E-state index >= 15 is 0 Å². The summed E-state index contributed by atoms with van der Waals surface area (Å²) in [6.45, 7) is 0. The molecule has 0 unspecified atom stereocenters. The molecule has 0 spiro atoms. The van der Waals surface area contributed by atoms with Gasteiger partial charge in [-0.05, 0) is 98.5 Å². The lowest BCUT2D eigenvalue weighted by molar-refractivity contribution is 0.660. The summed E-state index contributed by atoms with van der Waals surface area (Å²) in [4.78, 5) is 0. The van der Waals surface area contributed by atoms with Crippen LogP contribution in [0.4, 0.5) is 0 Å². The van der Waals surface area contributed by atoms with Gasteiger partial charge in [0.15, 0.2) is 0 Å². The molecule has 0 radical (unpaired) electrons. The Morgan fingerprint density at radius 2 is 1.05 bits per heavy atom. The van der Waals surface area contributed by atoms with Gasteiger partial charge >= 0.3 is 0 Å². The van der Waals surface area contributed by atoms with Crippen LogP contribution < -0.4 is 0 Å². The van der Waals surface area contributed by atoms with Crippen molar-refractivity contribution in [2.24, 2.45) is 0 Å². The van der Waals surface area contributed by atoms with Gasteiger partial charge in [0.05, 0.1) is 0 Å². The molecule has 0 N–H and O–H groups in total. The Bertz CT molecular complexity index is 2260. The third-order valence-electron chi connectivity index (χ3n) is 9.20. The predicted molar refractivity (Wildman–Crippen MR) is 174 cm³/mol. The van der Waals surface area contributed by atoms with Crippen LogP contribution in [0.2, 0.25) is 0 Å². The first-order valence-electron chi connectivity index (χ1n) is 14.7. The summed E-state index contributed by atoms with van der Waals surface area (Å²) >= 11 is 0. The number of aryl methyl sites for hydroxylation is 2. The number of para-hydroxylation sites is 1. The van der Waals surface area contributed by atoms with Crippen LogP contribution in [-0.4, -0.2) is 0 Å². The average molecular weight is 525 g/mol. The molecule has 0 saturated carbocycles. The highest BCUT2D eigenvalue weighted by Crippen LogP contribution is 2.47. The molecule has 1 aliphatic carbocycles. The smallest absolute Gasteiger partial charge is 0.143 e. The van der Waals surface area contributed by atoms with Crippen LogP contribution in [0.3, 0.4) is 0 Å². The molecule has 1 heteroatoms. The normalized spacial score (nSPS) is 13.5. The third-order valence-corrected chi connectivity index (χ3v) is 9.20. The fourth-order valence-electron chi connectivity index (χ4n) is 7.30. The SMILES string of the molecule is c1ccc2cc(-c3c4ccccc4c(-c4cccc5c4oc4cc6c(cc45)CCCC6)c4ccccc34)ccc2c1. The van der Waals surface area contributed by atoms with Gasteiger partial charge in [-0.1, -0.05) is 103 Å². The van der Waals surface area contributed by atoms with Crippen LogP contribution in [0.15, 0.2) is 126 Å². The summed E-state index contributed by atoms with van der Waals surface area (Å²) in [6.07, 6.45) is 4.87. The van der Waals surface area contributed by atoms with Crippen LogP contribution in [0.1, 0.15) is 24.0 Å². The molecule has 41 heavy (non-hydrogen) atoms. The van der Waals surface area contributed by atoms with Gasteiger partial charge < -0.3 is 4.42 Å². The molecule has 1 aliphatic rings. The summed E-state index contributed by atoms with van der Waals surface area (Å²) in [5.74, 6) is 0. The Morgan fingerprint density at radius 3 is 1.78 bits per heavy atom. The minimum absolute atomic E-state index is 0.985. The number of hydrogen-bond acceptors (Lipinski definition) is 1. The lowest BCUT2D eigenvalue weighted by Gasteiger charge is -2.18. The predicted octanol–water partition coefficient (Wildman–Crippen LogP) is 11.3. The first-order valence-corrected chi connectivity index (χ1v) is 14.7. The third kappa shape index (κ3) is 3.42. The molecule has 7 aromatic carbocycles. The number of benzene rings is 7. The monoisotopic (exact) mass is 524 g/mol. The van der Waals surface area contributed by atoms with Crippen molar-refractivity contribution < 1.29 is 4.42 Å². The molecule has 0 amide bonds. The van der Waals surface area contributed by atoms with E-state index < -0.39 is 0 Å². The van der Waals surface area contributed by atoms with E-state index in [1.807, 2.05) is 0 Å². The van der Waals surface area contributed by atoms with Gasteiger partial charge in [0, 0.05) is 21.9 Å². The number of furan rings is 1. The fourth-order valence-corrected chi connectivity index (χ4v) is 7.30. The van der Waals surface area contributed by atoms with Crippen LogP contribution in [-0.2, 0) is 12.8 Å². The van der Waals surface area contributed by atoms with E-state index in [9.17, 15) is 0 Å². The van der Waals surface area contributed by atoms with Gasteiger partial charge in [-0.15, -0.1) is 0 Å². The lowest BCUT2D eigenvalue weighted by atomic mass is 9.85. The van der Waals surface area contributed by atoms with Gasteiger partial charge in [0.1, 0.15) is 11.2 Å². The van der Waals surface area contributed by atoms with Crippen LogP contribution in [0.25, 0.3) is 76.5 Å². The molecular formula is C40H28O. The number of hydrogen-bond donors (Lipinski definition) is 0. The Labute approximate surface area is 238 Å². The summed E-state index contributed by atoms with van der Waals surface area (Å²) in [6, 6.07) is 44.6. The maximum absolute atomic E-state index is 6.76. The van der Waals surface area contributed by atoms with E-state index in [0.717, 1.165) is 23.2 Å². The van der Waals surface area contributed by atoms with Gasteiger partial charge in [0.2, 0.25) is 0 Å². The minimum Gasteiger partial charge on any atom is -0.455 e. The Kier molecular flexibility index (Phi) is 4.92. The van der Waals surface area contributed by atoms with Crippen molar-refractivity contribution in [3.63, 3.8) is 0 Å². The van der Waals surface area contributed by atoms with Gasteiger partial charge in [-0.2, -0.15) is 0 Å². The lowest BCUT2D eigenvalue weighted by Crippen LogP contribution is -2.01. The maximum Gasteiger partial charge on any atom is 0.143 e. The maximum atomic E-state index is 6.76. The number of fused-ring (bicyclic) bond motifs is 7. The van der Waals surface area contributed by atoms with Crippen molar-refractivity contribution in [2.45, 2.75) is 25.7 Å². The van der Waals surface area contributed by atoms with E-state index in [-0.39, 0.29) is 0 Å². The summed E-state index contributed by atoms with van der Waals surface area (Å²) in [5.41, 5.74) is 9.88. The molecule has 1 nitrogen and oxygen atoms in total. The van der Waals surface area contributed by atoms with Gasteiger partial charge in [0.25, 0.3) is 0 Å². The van der Waals surface area contributed by atoms with Gasteiger partial charge in [-0.25, -0.2) is 0 Å². The second-order valence-electron chi connectivity index (χ2n) is 11.5. The molecule has 1 aromatic heterocycles. The van der Waals surface area contributed by atoms with E-state index in [1.165, 1.54) is 90.2 Å². The molecule has 8 aromatic rings. The summed E-state index contributed by atoms with van der Waals surface area (Å²) < 4.78 is 6.76. The Balaban J connectivity index is 1.38. The van der Waals surface area contributed by atoms with Crippen LogP contribution in [0.5, 0.6) is 0 Å². The molecule has 0 atom stereocenters. The zero-order valence-corrected chi connectivity index (χ0v) is 22.8. The topological polar surface area (TPSA) is 13.1 Å².